The van der Waals surface area contributed by atoms with Gasteiger partial charge in [-0.3, -0.25) is 0 Å². The van der Waals surface area contributed by atoms with Crippen molar-refractivity contribution < 1.29 is 0 Å². The zero-order valence-corrected chi connectivity index (χ0v) is 14.0. The van der Waals surface area contributed by atoms with Gasteiger partial charge in [0.25, 0.3) is 0 Å². The van der Waals surface area contributed by atoms with E-state index in [-0.39, 0.29) is 0 Å². The van der Waals surface area contributed by atoms with Crippen molar-refractivity contribution in [2.75, 3.05) is 6.54 Å². The number of hydrogen-bond donors (Lipinski definition) is 1. The lowest BCUT2D eigenvalue weighted by atomic mass is 10.0. The third-order valence-electron chi connectivity index (χ3n) is 3.29. The minimum Gasteiger partial charge on any atom is -0.309 e. The topological polar surface area (TPSA) is 12.0 Å². The number of halogens is 2. The Morgan fingerprint density at radius 3 is 2.60 bits per heavy atom. The van der Waals surface area contributed by atoms with Crippen LogP contribution < -0.4 is 5.32 Å². The summed E-state index contributed by atoms with van der Waals surface area (Å²) in [6.07, 6.45) is 0.907. The summed E-state index contributed by atoms with van der Waals surface area (Å²) in [5.74, 6) is 0.564. The molecule has 1 aromatic carbocycles. The fourth-order valence-corrected chi connectivity index (χ4v) is 3.70. The molecule has 108 valence electrons. The van der Waals surface area contributed by atoms with Gasteiger partial charge in [0.15, 0.2) is 0 Å². The number of hydrogen-bond acceptors (Lipinski definition) is 2. The minimum absolute atomic E-state index is 0.404. The van der Waals surface area contributed by atoms with E-state index in [2.05, 4.69) is 36.7 Å². The molecule has 4 heteroatoms. The van der Waals surface area contributed by atoms with Crippen LogP contribution in [0.4, 0.5) is 0 Å². The molecule has 0 radical (unpaired) electrons. The van der Waals surface area contributed by atoms with Crippen molar-refractivity contribution in [2.24, 2.45) is 5.92 Å². The van der Waals surface area contributed by atoms with E-state index >= 15 is 0 Å². The fourth-order valence-electron chi connectivity index (χ4n) is 2.22. The van der Waals surface area contributed by atoms with Crippen molar-refractivity contribution in [1.29, 1.82) is 0 Å². The Morgan fingerprint density at radius 2 is 2.00 bits per heavy atom. The maximum atomic E-state index is 6.20. The van der Waals surface area contributed by atoms with Gasteiger partial charge in [0.1, 0.15) is 0 Å². The first-order valence-electron chi connectivity index (χ1n) is 6.78. The predicted octanol–water partition coefficient (Wildman–Crippen LogP) is 5.58. The Labute approximate surface area is 134 Å². The van der Waals surface area contributed by atoms with E-state index in [0.29, 0.717) is 17.0 Å². The van der Waals surface area contributed by atoms with Crippen LogP contribution in [0.5, 0.6) is 0 Å². The average molecular weight is 328 g/mol. The first-order valence-corrected chi connectivity index (χ1v) is 8.42. The molecule has 1 heterocycles. The van der Waals surface area contributed by atoms with E-state index in [1.54, 1.807) is 17.4 Å². The molecule has 2 rings (SSSR count). The molecule has 0 saturated heterocycles. The van der Waals surface area contributed by atoms with Gasteiger partial charge >= 0.3 is 0 Å². The van der Waals surface area contributed by atoms with Gasteiger partial charge in [0, 0.05) is 21.0 Å². The maximum Gasteiger partial charge on any atom is 0.0453 e. The van der Waals surface area contributed by atoms with E-state index in [9.17, 15) is 0 Å². The van der Waals surface area contributed by atoms with Gasteiger partial charge in [-0.25, -0.2) is 0 Å². The van der Waals surface area contributed by atoms with Crippen molar-refractivity contribution in [2.45, 2.75) is 26.3 Å². The molecule has 1 atom stereocenters. The standard InChI is InChI=1S/C16H19Cl2NS/c1-11(2)16(15-4-3-9-20-15)19-8-7-12-5-6-13(17)10-14(12)18/h3-6,9-11,16,19H,7-8H2,1-2H3. The van der Waals surface area contributed by atoms with E-state index in [1.807, 2.05) is 12.1 Å². The summed E-state index contributed by atoms with van der Waals surface area (Å²) in [6.45, 7) is 5.39. The summed E-state index contributed by atoms with van der Waals surface area (Å²) in [5, 5.41) is 7.19. The smallest absolute Gasteiger partial charge is 0.0453 e. The third kappa shape index (κ3) is 4.23. The lowest BCUT2D eigenvalue weighted by Crippen LogP contribution is -2.27. The van der Waals surface area contributed by atoms with Crippen LogP contribution in [0.1, 0.15) is 30.3 Å². The molecular weight excluding hydrogens is 309 g/mol. The molecule has 0 spiro atoms. The van der Waals surface area contributed by atoms with Crippen molar-refractivity contribution in [3.05, 3.63) is 56.2 Å². The van der Waals surface area contributed by atoms with E-state index in [4.69, 9.17) is 23.2 Å². The maximum absolute atomic E-state index is 6.20. The lowest BCUT2D eigenvalue weighted by Gasteiger charge is -2.21. The summed E-state index contributed by atoms with van der Waals surface area (Å²) in [5.41, 5.74) is 1.14. The minimum atomic E-state index is 0.404. The molecule has 2 aromatic rings. The predicted molar refractivity (Wildman–Crippen MR) is 90.1 cm³/mol. The summed E-state index contributed by atoms with van der Waals surface area (Å²) in [7, 11) is 0. The molecule has 1 unspecified atom stereocenters. The number of benzene rings is 1. The molecule has 0 aliphatic rings. The second-order valence-electron chi connectivity index (χ2n) is 5.18. The first-order chi connectivity index (χ1) is 9.58. The summed E-state index contributed by atoms with van der Waals surface area (Å²) >= 11 is 13.9. The van der Waals surface area contributed by atoms with Crippen molar-refractivity contribution in [3.8, 4) is 0 Å². The van der Waals surface area contributed by atoms with Gasteiger partial charge in [0.05, 0.1) is 0 Å². The first kappa shape index (κ1) is 15.8. The fraction of sp³-hybridized carbons (Fsp3) is 0.375. The Bertz CT molecular complexity index is 537. The van der Waals surface area contributed by atoms with E-state index in [0.717, 1.165) is 23.6 Å². The second-order valence-corrected chi connectivity index (χ2v) is 7.00. The van der Waals surface area contributed by atoms with Gasteiger partial charge in [-0.15, -0.1) is 11.3 Å². The molecule has 0 aliphatic heterocycles. The number of thiophene rings is 1. The second kappa shape index (κ2) is 7.46. The molecule has 0 bridgehead atoms. The zero-order valence-electron chi connectivity index (χ0n) is 11.7. The monoisotopic (exact) mass is 327 g/mol. The quantitative estimate of drug-likeness (QED) is 0.729. The Hall–Kier alpha value is -0.540. The highest BCUT2D eigenvalue weighted by atomic mass is 35.5. The summed E-state index contributed by atoms with van der Waals surface area (Å²) in [6, 6.07) is 10.4. The largest absolute Gasteiger partial charge is 0.309 e. The van der Waals surface area contributed by atoms with Gasteiger partial charge in [-0.1, -0.05) is 49.2 Å². The molecule has 0 fully saturated rings. The van der Waals surface area contributed by atoms with Crippen molar-refractivity contribution >= 4 is 34.5 Å². The van der Waals surface area contributed by atoms with Crippen molar-refractivity contribution in [3.63, 3.8) is 0 Å². The Balaban J connectivity index is 1.94. The highest BCUT2D eigenvalue weighted by Crippen LogP contribution is 2.26. The Morgan fingerprint density at radius 1 is 1.20 bits per heavy atom. The van der Waals surface area contributed by atoms with Crippen LogP contribution in [0, 0.1) is 5.92 Å². The van der Waals surface area contributed by atoms with E-state index in [1.165, 1.54) is 4.88 Å². The van der Waals surface area contributed by atoms with Crippen molar-refractivity contribution in [1.82, 2.24) is 5.32 Å². The molecule has 0 saturated carbocycles. The molecule has 0 amide bonds. The van der Waals surface area contributed by atoms with Crippen LogP contribution in [0.15, 0.2) is 35.7 Å². The van der Waals surface area contributed by atoms with Crippen LogP contribution in [0.3, 0.4) is 0 Å². The normalized spacial score (nSPS) is 12.8. The van der Waals surface area contributed by atoms with Gasteiger partial charge < -0.3 is 5.32 Å². The third-order valence-corrected chi connectivity index (χ3v) is 4.83. The van der Waals surface area contributed by atoms with Crippen LogP contribution in [-0.4, -0.2) is 6.54 Å². The number of nitrogens with one attached hydrogen (secondary N) is 1. The van der Waals surface area contributed by atoms with E-state index < -0.39 is 0 Å². The summed E-state index contributed by atoms with van der Waals surface area (Å²) in [4.78, 5) is 1.39. The average Bonchev–Trinajstić information content (AvgIpc) is 2.90. The SMILES string of the molecule is CC(C)C(NCCc1ccc(Cl)cc1Cl)c1cccs1. The Kier molecular flexibility index (Phi) is 5.91. The van der Waals surface area contributed by atoms with Crippen LogP contribution >= 0.6 is 34.5 Å². The molecule has 0 aliphatic carbocycles. The highest BCUT2D eigenvalue weighted by molar-refractivity contribution is 7.10. The molecular formula is C16H19Cl2NS. The van der Waals surface area contributed by atoms with Crippen LogP contribution in [-0.2, 0) is 6.42 Å². The van der Waals surface area contributed by atoms with Gasteiger partial charge in [-0.2, -0.15) is 0 Å². The zero-order chi connectivity index (χ0) is 14.5. The van der Waals surface area contributed by atoms with Gasteiger partial charge in [0.2, 0.25) is 0 Å². The summed E-state index contributed by atoms with van der Waals surface area (Å²) < 4.78 is 0. The molecule has 20 heavy (non-hydrogen) atoms. The molecule has 1 N–H and O–H groups in total. The van der Waals surface area contributed by atoms with Crippen LogP contribution in [0.2, 0.25) is 10.0 Å². The lowest BCUT2D eigenvalue weighted by molar-refractivity contribution is 0.420. The highest BCUT2D eigenvalue weighted by Gasteiger charge is 2.15. The molecule has 1 aromatic heterocycles. The van der Waals surface area contributed by atoms with Crippen LogP contribution in [0.25, 0.3) is 0 Å². The number of rotatable bonds is 6. The van der Waals surface area contributed by atoms with Gasteiger partial charge in [-0.05, 0) is 48.0 Å². The molecule has 1 nitrogen and oxygen atoms in total.